The molecule has 8 nitrogen and oxygen atoms in total. The van der Waals surface area contributed by atoms with Gasteiger partial charge in [0.1, 0.15) is 11.5 Å². The minimum absolute atomic E-state index is 0.228. The highest BCUT2D eigenvalue weighted by Crippen LogP contribution is 2.44. The fourth-order valence-corrected chi connectivity index (χ4v) is 4.88. The van der Waals surface area contributed by atoms with Crippen LogP contribution in [0, 0.1) is 0 Å². The number of anilines is 1. The van der Waals surface area contributed by atoms with Crippen molar-refractivity contribution in [1.29, 1.82) is 0 Å². The van der Waals surface area contributed by atoms with E-state index in [1.54, 1.807) is 6.07 Å². The number of carbonyl (C=O) groups excluding carboxylic acids is 1. The molecular weight excluding hydrogens is 528 g/mol. The number of aromatic nitrogens is 1. The number of hydrogen-bond donors (Lipinski definition) is 1. The average molecular weight is 569 g/mol. The SMILES string of the molecule is CCCCOc1cc(OCCCC)c(-c2onc(C(=O)NCC)c2-c2cccc(N3CCN(C)CC3)c2)cc1Cl. The van der Waals surface area contributed by atoms with Crippen LogP contribution in [-0.4, -0.2) is 68.9 Å². The first-order valence-corrected chi connectivity index (χ1v) is 14.8. The summed E-state index contributed by atoms with van der Waals surface area (Å²) in [4.78, 5) is 17.8. The Morgan fingerprint density at radius 1 is 1.00 bits per heavy atom. The second-order valence-electron chi connectivity index (χ2n) is 10.1. The van der Waals surface area contributed by atoms with Crippen molar-refractivity contribution in [3.8, 4) is 33.9 Å². The van der Waals surface area contributed by atoms with Crippen molar-refractivity contribution in [3.05, 3.63) is 47.1 Å². The van der Waals surface area contributed by atoms with Gasteiger partial charge in [0.2, 0.25) is 0 Å². The summed E-state index contributed by atoms with van der Waals surface area (Å²) in [5.74, 6) is 1.29. The second kappa shape index (κ2) is 14.4. The van der Waals surface area contributed by atoms with Gasteiger partial charge in [-0.2, -0.15) is 0 Å². The van der Waals surface area contributed by atoms with Crippen LogP contribution in [0.4, 0.5) is 5.69 Å². The minimum Gasteiger partial charge on any atom is -0.493 e. The van der Waals surface area contributed by atoms with Crippen molar-refractivity contribution >= 4 is 23.2 Å². The van der Waals surface area contributed by atoms with Crippen molar-refractivity contribution in [1.82, 2.24) is 15.4 Å². The van der Waals surface area contributed by atoms with Crippen molar-refractivity contribution < 1.29 is 18.8 Å². The van der Waals surface area contributed by atoms with Gasteiger partial charge >= 0.3 is 0 Å². The van der Waals surface area contributed by atoms with Crippen molar-refractivity contribution in [3.63, 3.8) is 0 Å². The Morgan fingerprint density at radius 2 is 1.70 bits per heavy atom. The van der Waals surface area contributed by atoms with Crippen molar-refractivity contribution in [2.45, 2.75) is 46.5 Å². The van der Waals surface area contributed by atoms with Crippen LogP contribution in [0.2, 0.25) is 5.02 Å². The lowest BCUT2D eigenvalue weighted by Gasteiger charge is -2.34. The number of benzene rings is 2. The number of halogens is 1. The van der Waals surface area contributed by atoms with Gasteiger partial charge in [-0.05, 0) is 50.6 Å². The van der Waals surface area contributed by atoms with Crippen LogP contribution < -0.4 is 19.7 Å². The molecule has 9 heteroatoms. The molecule has 1 aliphatic heterocycles. The number of amides is 1. The topological polar surface area (TPSA) is 80.1 Å². The Bertz CT molecular complexity index is 1270. The fourth-order valence-electron chi connectivity index (χ4n) is 4.66. The number of nitrogens with zero attached hydrogens (tertiary/aromatic N) is 3. The first kappa shape index (κ1) is 29.7. The lowest BCUT2D eigenvalue weighted by atomic mass is 9.97. The van der Waals surface area contributed by atoms with E-state index in [0.29, 0.717) is 53.2 Å². The van der Waals surface area contributed by atoms with E-state index in [0.717, 1.165) is 63.1 Å². The number of nitrogens with one attached hydrogen (secondary N) is 1. The minimum atomic E-state index is -0.295. The Morgan fingerprint density at radius 3 is 2.38 bits per heavy atom. The highest BCUT2D eigenvalue weighted by molar-refractivity contribution is 6.32. The van der Waals surface area contributed by atoms with Crippen LogP contribution in [0.25, 0.3) is 22.5 Å². The zero-order valence-electron chi connectivity index (χ0n) is 24.1. The van der Waals surface area contributed by atoms with E-state index in [1.807, 2.05) is 25.1 Å². The normalized spacial score (nSPS) is 13.9. The molecule has 0 saturated carbocycles. The molecule has 3 aromatic rings. The molecule has 0 spiro atoms. The number of unbranched alkanes of at least 4 members (excludes halogenated alkanes) is 2. The molecule has 1 aliphatic rings. The average Bonchev–Trinajstić information content (AvgIpc) is 3.40. The van der Waals surface area contributed by atoms with Gasteiger partial charge in [0, 0.05) is 44.5 Å². The van der Waals surface area contributed by atoms with E-state index in [-0.39, 0.29) is 11.6 Å². The zero-order valence-corrected chi connectivity index (χ0v) is 24.9. The molecule has 4 rings (SSSR count). The first-order chi connectivity index (χ1) is 19.5. The lowest BCUT2D eigenvalue weighted by Crippen LogP contribution is -2.44. The van der Waals surface area contributed by atoms with Crippen LogP contribution in [0.5, 0.6) is 11.5 Å². The fraction of sp³-hybridized carbons (Fsp3) is 0.484. The van der Waals surface area contributed by atoms with E-state index in [2.05, 4.69) is 53.3 Å². The third-order valence-electron chi connectivity index (χ3n) is 7.04. The number of piperazine rings is 1. The molecule has 0 atom stereocenters. The molecule has 2 aromatic carbocycles. The van der Waals surface area contributed by atoms with Gasteiger partial charge in [-0.15, -0.1) is 0 Å². The molecule has 0 bridgehead atoms. The summed E-state index contributed by atoms with van der Waals surface area (Å²) < 4.78 is 18.1. The van der Waals surface area contributed by atoms with Crippen molar-refractivity contribution in [2.75, 3.05) is 57.9 Å². The van der Waals surface area contributed by atoms with Gasteiger partial charge in [-0.1, -0.05) is 55.6 Å². The quantitative estimate of drug-likeness (QED) is 0.235. The standard InChI is InChI=1S/C31H41ClN4O4/c1-5-8-17-38-26-21-27(39-18-9-6-2)25(32)20-24(26)30-28(29(34-40-30)31(37)33-7-3)22-11-10-12-23(19-22)36-15-13-35(4)14-16-36/h10-12,19-21H,5-9,13-18H2,1-4H3,(H,33,37). The predicted octanol–water partition coefficient (Wildman–Crippen LogP) is 6.52. The maximum atomic E-state index is 13.1. The summed E-state index contributed by atoms with van der Waals surface area (Å²) in [6.07, 6.45) is 3.84. The first-order valence-electron chi connectivity index (χ1n) is 14.4. The van der Waals surface area contributed by atoms with Gasteiger partial charge < -0.3 is 29.1 Å². The number of rotatable bonds is 13. The van der Waals surface area contributed by atoms with Gasteiger partial charge in [0.15, 0.2) is 11.5 Å². The van der Waals surface area contributed by atoms with Crippen LogP contribution in [0.3, 0.4) is 0 Å². The Kier molecular flexibility index (Phi) is 10.7. The Labute approximate surface area is 242 Å². The molecular formula is C31H41ClN4O4. The molecule has 40 heavy (non-hydrogen) atoms. The molecule has 0 radical (unpaired) electrons. The molecule has 0 aliphatic carbocycles. The second-order valence-corrected chi connectivity index (χ2v) is 10.5. The summed E-state index contributed by atoms with van der Waals surface area (Å²) in [5, 5.41) is 7.57. The molecule has 0 unspecified atom stereocenters. The highest BCUT2D eigenvalue weighted by Gasteiger charge is 2.28. The van der Waals surface area contributed by atoms with Gasteiger partial charge in [-0.3, -0.25) is 4.79 Å². The maximum absolute atomic E-state index is 13.1. The predicted molar refractivity (Wildman–Crippen MR) is 161 cm³/mol. The third kappa shape index (κ3) is 7.09. The third-order valence-corrected chi connectivity index (χ3v) is 7.33. The highest BCUT2D eigenvalue weighted by atomic mass is 35.5. The van der Waals surface area contributed by atoms with Crippen LogP contribution in [0.1, 0.15) is 56.9 Å². The summed E-state index contributed by atoms with van der Waals surface area (Å²) in [6.45, 7) is 11.5. The molecule has 2 heterocycles. The summed E-state index contributed by atoms with van der Waals surface area (Å²) in [7, 11) is 2.14. The van der Waals surface area contributed by atoms with Crippen LogP contribution in [0.15, 0.2) is 40.9 Å². The zero-order chi connectivity index (χ0) is 28.5. The maximum Gasteiger partial charge on any atom is 0.274 e. The largest absolute Gasteiger partial charge is 0.493 e. The summed E-state index contributed by atoms with van der Waals surface area (Å²) in [5.41, 5.74) is 3.40. The van der Waals surface area contributed by atoms with E-state index < -0.39 is 0 Å². The van der Waals surface area contributed by atoms with E-state index >= 15 is 0 Å². The van der Waals surface area contributed by atoms with Crippen LogP contribution >= 0.6 is 11.6 Å². The molecule has 1 N–H and O–H groups in total. The van der Waals surface area contributed by atoms with Gasteiger partial charge in [-0.25, -0.2) is 0 Å². The molecule has 216 valence electrons. The Hall–Kier alpha value is -3.23. The molecule has 1 amide bonds. The lowest BCUT2D eigenvalue weighted by molar-refractivity contribution is 0.0947. The van der Waals surface area contributed by atoms with E-state index in [4.69, 9.17) is 25.6 Å². The smallest absolute Gasteiger partial charge is 0.274 e. The van der Waals surface area contributed by atoms with Gasteiger partial charge in [0.05, 0.1) is 29.4 Å². The summed E-state index contributed by atoms with van der Waals surface area (Å²) in [6, 6.07) is 11.8. The summed E-state index contributed by atoms with van der Waals surface area (Å²) >= 11 is 6.71. The number of hydrogen-bond acceptors (Lipinski definition) is 7. The van der Waals surface area contributed by atoms with Crippen molar-refractivity contribution in [2.24, 2.45) is 0 Å². The van der Waals surface area contributed by atoms with Crippen LogP contribution in [-0.2, 0) is 0 Å². The van der Waals surface area contributed by atoms with E-state index in [1.165, 1.54) is 0 Å². The monoisotopic (exact) mass is 568 g/mol. The number of likely N-dealkylation sites (N-methyl/N-ethyl adjacent to an activating group) is 1. The molecule has 1 fully saturated rings. The molecule has 1 aromatic heterocycles. The molecule has 1 saturated heterocycles. The number of ether oxygens (including phenoxy) is 2. The van der Waals surface area contributed by atoms with Gasteiger partial charge in [0.25, 0.3) is 5.91 Å². The van der Waals surface area contributed by atoms with E-state index in [9.17, 15) is 4.79 Å². The number of carbonyl (C=O) groups is 1. The Balaban J connectivity index is 1.82.